The fourth-order valence-corrected chi connectivity index (χ4v) is 8.21. The van der Waals surface area contributed by atoms with Crippen LogP contribution in [-0.2, 0) is 48.6 Å². The molecule has 3 fully saturated rings. The van der Waals surface area contributed by atoms with Gasteiger partial charge in [0.2, 0.25) is 17.8 Å². The van der Waals surface area contributed by atoms with Crippen LogP contribution in [0.1, 0.15) is 85.8 Å². The van der Waals surface area contributed by atoms with Gasteiger partial charge in [-0.25, -0.2) is 9.97 Å². The van der Waals surface area contributed by atoms with E-state index < -0.39 is 11.9 Å². The molecule has 4 heterocycles. The zero-order valence-corrected chi connectivity index (χ0v) is 34.6. The van der Waals surface area contributed by atoms with Crippen LogP contribution in [0.4, 0.5) is 11.6 Å². The van der Waals surface area contributed by atoms with Crippen molar-refractivity contribution in [3.8, 4) is 11.3 Å². The molecule has 1 atom stereocenters. The number of aryl methyl sites for hydroxylation is 1. The van der Waals surface area contributed by atoms with Crippen molar-refractivity contribution in [3.63, 3.8) is 0 Å². The van der Waals surface area contributed by atoms with Gasteiger partial charge in [0.25, 0.3) is 5.91 Å². The van der Waals surface area contributed by atoms with Crippen LogP contribution in [0.5, 0.6) is 0 Å². The second-order valence-electron chi connectivity index (χ2n) is 15.9. The molecule has 16 nitrogen and oxygen atoms in total. The Kier molecular flexibility index (Phi) is 14.9. The van der Waals surface area contributed by atoms with E-state index in [0.717, 1.165) is 60.5 Å². The predicted octanol–water partition coefficient (Wildman–Crippen LogP) is 4.07. The molecule has 2 aliphatic heterocycles. The lowest BCUT2D eigenvalue weighted by atomic mass is 9.91. The normalized spacial score (nSPS) is 20.5. The Morgan fingerprint density at radius 3 is 2.42 bits per heavy atom. The first-order valence-corrected chi connectivity index (χ1v) is 21.4. The van der Waals surface area contributed by atoms with E-state index in [-0.39, 0.29) is 30.1 Å². The molecule has 4 aliphatic rings. The first-order chi connectivity index (χ1) is 28.7. The van der Waals surface area contributed by atoms with E-state index in [4.69, 9.17) is 30.8 Å². The molecular weight excluding hydrogens is 778 g/mol. The van der Waals surface area contributed by atoms with Gasteiger partial charge in [0.1, 0.15) is 11.8 Å². The number of halogens is 1. The van der Waals surface area contributed by atoms with Crippen molar-refractivity contribution in [3.05, 3.63) is 52.4 Å². The van der Waals surface area contributed by atoms with Crippen LogP contribution in [0.15, 0.2) is 30.6 Å². The predicted molar refractivity (Wildman–Crippen MR) is 221 cm³/mol. The number of benzene rings is 1. The summed E-state index contributed by atoms with van der Waals surface area (Å²) in [5.41, 5.74) is 5.10. The second kappa shape index (κ2) is 20.7. The minimum absolute atomic E-state index is 0.189. The van der Waals surface area contributed by atoms with Crippen LogP contribution in [-0.4, -0.2) is 119 Å². The molecule has 0 spiro atoms. The Morgan fingerprint density at radius 2 is 1.66 bits per heavy atom. The molecule has 17 heteroatoms. The smallest absolute Gasteiger partial charge is 0.255 e. The van der Waals surface area contributed by atoms with Gasteiger partial charge >= 0.3 is 0 Å². The van der Waals surface area contributed by atoms with Crippen molar-refractivity contribution in [2.24, 2.45) is 13.0 Å². The van der Waals surface area contributed by atoms with E-state index >= 15 is 0 Å². The number of imide groups is 1. The van der Waals surface area contributed by atoms with Gasteiger partial charge in [-0.3, -0.25) is 29.2 Å². The van der Waals surface area contributed by atoms with E-state index in [1.54, 1.807) is 17.2 Å². The number of Topliss-reactive ketones (excluding diaryl/α,β-unsaturated/α-hetero) is 1. The molecule has 2 aliphatic carbocycles. The molecule has 2 saturated carbocycles. The molecule has 1 aromatic carbocycles. The minimum atomic E-state index is -0.643. The highest BCUT2D eigenvalue weighted by Gasteiger charge is 2.40. The van der Waals surface area contributed by atoms with E-state index in [0.29, 0.717) is 101 Å². The SMILES string of the molecule is Cn1ncc(-c2nc(NC3CCC(NCC(=O)CCCOCCOCCOCCNc4cccc5c4CN(C4CCC(=O)NC4=O)C5=O)CC3)ncc2Cl)c1CC1CC1. The summed E-state index contributed by atoms with van der Waals surface area (Å²) in [7, 11) is 1.97. The fourth-order valence-electron chi connectivity index (χ4n) is 8.02. The first kappa shape index (κ1) is 42.6. The Hall–Kier alpha value is -4.48. The number of hydrogen-bond donors (Lipinski definition) is 4. The molecule has 1 unspecified atom stereocenters. The lowest BCUT2D eigenvalue weighted by Gasteiger charge is -2.29. The maximum atomic E-state index is 13.0. The lowest BCUT2D eigenvalue weighted by molar-refractivity contribution is -0.137. The molecule has 1 saturated heterocycles. The Labute approximate surface area is 349 Å². The van der Waals surface area contributed by atoms with E-state index in [1.165, 1.54) is 18.5 Å². The van der Waals surface area contributed by atoms with Gasteiger partial charge in [0, 0.05) is 79.7 Å². The first-order valence-electron chi connectivity index (χ1n) is 21.0. The Morgan fingerprint density at radius 1 is 0.915 bits per heavy atom. The fraction of sp³-hybridized carbons (Fsp3) is 0.595. The van der Waals surface area contributed by atoms with Gasteiger partial charge in [0.15, 0.2) is 0 Å². The molecule has 7 rings (SSSR count). The topological polar surface area (TPSA) is 191 Å². The number of amides is 3. The number of anilines is 2. The molecular formula is C42H56ClN9O7. The van der Waals surface area contributed by atoms with Crippen molar-refractivity contribution in [1.82, 2.24) is 35.3 Å². The van der Waals surface area contributed by atoms with E-state index in [2.05, 4.69) is 31.3 Å². The van der Waals surface area contributed by atoms with Gasteiger partial charge in [-0.05, 0) is 75.8 Å². The molecule has 59 heavy (non-hydrogen) atoms. The van der Waals surface area contributed by atoms with Gasteiger partial charge in [0.05, 0.1) is 62.7 Å². The average molecular weight is 834 g/mol. The second-order valence-corrected chi connectivity index (χ2v) is 16.3. The van der Waals surface area contributed by atoms with Gasteiger partial charge in [-0.15, -0.1) is 0 Å². The number of hydrogen-bond acceptors (Lipinski definition) is 13. The number of carbonyl (C=O) groups excluding carboxylic acids is 4. The van der Waals surface area contributed by atoms with Crippen LogP contribution in [0.3, 0.4) is 0 Å². The number of nitrogens with one attached hydrogen (secondary N) is 4. The van der Waals surface area contributed by atoms with Crippen LogP contribution in [0.2, 0.25) is 5.02 Å². The van der Waals surface area contributed by atoms with Crippen LogP contribution in [0, 0.1) is 5.92 Å². The Balaban J connectivity index is 0.681. The number of rotatable bonds is 23. The highest BCUT2D eigenvalue weighted by Crippen LogP contribution is 2.37. The number of fused-ring (bicyclic) bond motifs is 1. The molecule has 0 radical (unpaired) electrons. The van der Waals surface area contributed by atoms with E-state index in [9.17, 15) is 19.2 Å². The van der Waals surface area contributed by atoms with Crippen molar-refractivity contribution in [2.75, 3.05) is 63.4 Å². The van der Waals surface area contributed by atoms with Crippen LogP contribution in [0.25, 0.3) is 11.3 Å². The number of ketones is 1. The molecule has 0 bridgehead atoms. The average Bonchev–Trinajstić information content (AvgIpc) is 3.90. The number of ether oxygens (including phenoxy) is 3. The van der Waals surface area contributed by atoms with E-state index in [1.807, 2.05) is 30.1 Å². The number of piperidine rings is 1. The zero-order valence-electron chi connectivity index (χ0n) is 33.8. The third-order valence-corrected chi connectivity index (χ3v) is 11.8. The summed E-state index contributed by atoms with van der Waals surface area (Å²) in [6.45, 7) is 3.94. The molecule has 318 valence electrons. The summed E-state index contributed by atoms with van der Waals surface area (Å²) in [5.74, 6) is 0.569. The van der Waals surface area contributed by atoms with Crippen LogP contribution < -0.4 is 21.3 Å². The van der Waals surface area contributed by atoms with Gasteiger partial charge < -0.3 is 35.1 Å². The highest BCUT2D eigenvalue weighted by atomic mass is 35.5. The standard InChI is InChI=1S/C42H56ClN9O7/c1-51-37(22-27-7-8-27)32(24-47-51)39-34(43)25-46-42(50-39)48-29-11-9-28(10-12-29)45-23-30(53)4-3-16-57-18-20-59-21-19-58-17-15-44-35-6-2-5-31-33(35)26-52(41(31)56)36-13-14-38(54)49-40(36)55/h2,5-6,24-25,27-29,36,44-45H,3-4,7-23,26H2,1H3,(H,46,48,50)(H,49,54,55). The third-order valence-electron chi connectivity index (χ3n) is 11.5. The quantitative estimate of drug-likeness (QED) is 0.0791. The summed E-state index contributed by atoms with van der Waals surface area (Å²) in [4.78, 5) is 60.3. The highest BCUT2D eigenvalue weighted by molar-refractivity contribution is 6.33. The lowest BCUT2D eigenvalue weighted by Crippen LogP contribution is -2.52. The van der Waals surface area contributed by atoms with Gasteiger partial charge in [-0.1, -0.05) is 17.7 Å². The monoisotopic (exact) mass is 833 g/mol. The van der Waals surface area contributed by atoms with Crippen molar-refractivity contribution >= 4 is 46.7 Å². The summed E-state index contributed by atoms with van der Waals surface area (Å²) in [5, 5.41) is 17.6. The molecule has 4 N–H and O–H groups in total. The maximum Gasteiger partial charge on any atom is 0.255 e. The molecule has 3 aromatic rings. The maximum absolute atomic E-state index is 13.0. The summed E-state index contributed by atoms with van der Waals surface area (Å²) in [6.07, 6.45) is 12.6. The largest absolute Gasteiger partial charge is 0.382 e. The summed E-state index contributed by atoms with van der Waals surface area (Å²) < 4.78 is 18.9. The number of nitrogens with zero attached hydrogens (tertiary/aromatic N) is 5. The number of aromatic nitrogens is 4. The molecule has 2 aromatic heterocycles. The Bertz CT molecular complexity index is 1950. The molecule has 3 amide bonds. The van der Waals surface area contributed by atoms with Crippen molar-refractivity contribution < 1.29 is 33.4 Å². The van der Waals surface area contributed by atoms with Crippen molar-refractivity contribution in [1.29, 1.82) is 0 Å². The summed E-state index contributed by atoms with van der Waals surface area (Å²) >= 11 is 6.56. The van der Waals surface area contributed by atoms with Crippen LogP contribution >= 0.6 is 11.6 Å². The van der Waals surface area contributed by atoms with Crippen molar-refractivity contribution in [2.45, 2.75) is 95.3 Å². The zero-order chi connectivity index (χ0) is 41.1. The minimum Gasteiger partial charge on any atom is -0.382 e. The third kappa shape index (κ3) is 11.6. The summed E-state index contributed by atoms with van der Waals surface area (Å²) in [6, 6.07) is 5.41. The number of carbonyl (C=O) groups is 4. The van der Waals surface area contributed by atoms with Gasteiger partial charge in [-0.2, -0.15) is 5.10 Å².